The molecule has 2 aromatic carbocycles. The Hall–Kier alpha value is -3.32. The second kappa shape index (κ2) is 6.84. The van der Waals surface area contributed by atoms with Crippen molar-refractivity contribution in [3.8, 4) is 11.8 Å². The standard InChI is InChI=1S/C20H15NO3/c1-2-23-20(22)17(13-21)16-12-19(14-8-4-3-5-9-14)24-18-11-7-6-10-15(16)18/h3-12H,2H2,1H3. The molecule has 0 atom stereocenters. The van der Waals surface area contributed by atoms with Crippen LogP contribution in [0.15, 0.2) is 66.2 Å². The number of nitriles is 1. The summed E-state index contributed by atoms with van der Waals surface area (Å²) in [7, 11) is 0. The van der Waals surface area contributed by atoms with Gasteiger partial charge in [-0.2, -0.15) is 5.26 Å². The van der Waals surface area contributed by atoms with Gasteiger partial charge in [-0.05, 0) is 19.1 Å². The molecular formula is C20H15NO3. The summed E-state index contributed by atoms with van der Waals surface area (Å²) in [6.45, 7) is 1.92. The topological polar surface area (TPSA) is 59.3 Å². The van der Waals surface area contributed by atoms with Crippen LogP contribution in [0, 0.1) is 11.3 Å². The van der Waals surface area contributed by atoms with Gasteiger partial charge in [-0.15, -0.1) is 0 Å². The second-order valence-corrected chi connectivity index (χ2v) is 5.09. The monoisotopic (exact) mass is 317 g/mol. The predicted molar refractivity (Wildman–Crippen MR) is 90.7 cm³/mol. The fourth-order valence-corrected chi connectivity index (χ4v) is 2.51. The molecule has 2 aromatic rings. The number of esters is 1. The summed E-state index contributed by atoms with van der Waals surface area (Å²) in [5.74, 6) is 0.558. The van der Waals surface area contributed by atoms with Crippen molar-refractivity contribution >= 4 is 17.3 Å². The quantitative estimate of drug-likeness (QED) is 0.488. The number of hydrogen-bond acceptors (Lipinski definition) is 4. The van der Waals surface area contributed by atoms with Gasteiger partial charge in [0.2, 0.25) is 0 Å². The van der Waals surface area contributed by atoms with Crippen LogP contribution in [0.25, 0.3) is 11.3 Å². The van der Waals surface area contributed by atoms with Gasteiger partial charge < -0.3 is 9.47 Å². The van der Waals surface area contributed by atoms with Crippen molar-refractivity contribution in [2.75, 3.05) is 6.61 Å². The lowest BCUT2D eigenvalue weighted by atomic mass is 9.95. The number of benzene rings is 2. The third-order valence-electron chi connectivity index (χ3n) is 3.59. The largest absolute Gasteiger partial charge is 0.462 e. The molecule has 1 aliphatic rings. The summed E-state index contributed by atoms with van der Waals surface area (Å²) in [5.41, 5.74) is 2.05. The van der Waals surface area contributed by atoms with Crippen LogP contribution >= 0.6 is 0 Å². The van der Waals surface area contributed by atoms with Crippen molar-refractivity contribution in [2.24, 2.45) is 0 Å². The van der Waals surface area contributed by atoms with Crippen LogP contribution in [0.1, 0.15) is 18.1 Å². The molecule has 0 fully saturated rings. The highest BCUT2D eigenvalue weighted by molar-refractivity contribution is 6.06. The van der Waals surface area contributed by atoms with E-state index in [0.717, 1.165) is 5.56 Å². The Bertz CT molecular complexity index is 873. The number of para-hydroxylation sites is 1. The van der Waals surface area contributed by atoms with Gasteiger partial charge in [0.15, 0.2) is 0 Å². The number of ether oxygens (including phenoxy) is 2. The van der Waals surface area contributed by atoms with Crippen molar-refractivity contribution in [1.82, 2.24) is 0 Å². The number of hydrogen-bond donors (Lipinski definition) is 0. The molecule has 0 saturated heterocycles. The van der Waals surface area contributed by atoms with Gasteiger partial charge in [0.05, 0.1) is 6.61 Å². The number of fused-ring (bicyclic) bond motifs is 1. The van der Waals surface area contributed by atoms with Gasteiger partial charge >= 0.3 is 5.97 Å². The summed E-state index contributed by atoms with van der Waals surface area (Å²) in [6, 6.07) is 18.8. The summed E-state index contributed by atoms with van der Waals surface area (Å²) in [6.07, 6.45) is 1.72. The molecule has 4 heteroatoms. The molecule has 4 nitrogen and oxygen atoms in total. The van der Waals surface area contributed by atoms with Crippen molar-refractivity contribution in [1.29, 1.82) is 5.26 Å². The lowest BCUT2D eigenvalue weighted by Crippen LogP contribution is -2.11. The van der Waals surface area contributed by atoms with E-state index in [1.165, 1.54) is 0 Å². The zero-order chi connectivity index (χ0) is 16.9. The Morgan fingerprint density at radius 3 is 2.54 bits per heavy atom. The fourth-order valence-electron chi connectivity index (χ4n) is 2.51. The van der Waals surface area contributed by atoms with Gasteiger partial charge in [0.1, 0.15) is 23.2 Å². The molecule has 118 valence electrons. The number of carbonyl (C=O) groups excluding carboxylic acids is 1. The minimum atomic E-state index is -0.629. The van der Waals surface area contributed by atoms with Gasteiger partial charge in [-0.1, -0.05) is 48.5 Å². The number of nitrogens with zero attached hydrogens (tertiary/aromatic N) is 1. The summed E-state index contributed by atoms with van der Waals surface area (Å²) in [4.78, 5) is 12.2. The Morgan fingerprint density at radius 2 is 1.83 bits per heavy atom. The van der Waals surface area contributed by atoms with Crippen molar-refractivity contribution in [2.45, 2.75) is 6.92 Å². The zero-order valence-corrected chi connectivity index (χ0v) is 13.2. The maximum absolute atomic E-state index is 12.2. The zero-order valence-electron chi connectivity index (χ0n) is 13.2. The molecule has 24 heavy (non-hydrogen) atoms. The van der Waals surface area contributed by atoms with Crippen molar-refractivity contribution < 1.29 is 14.3 Å². The van der Waals surface area contributed by atoms with Gasteiger partial charge in [0.25, 0.3) is 0 Å². The van der Waals surface area contributed by atoms with E-state index < -0.39 is 5.97 Å². The number of rotatable bonds is 3. The average molecular weight is 317 g/mol. The Labute approximate surface area is 140 Å². The first-order chi connectivity index (χ1) is 11.7. The Kier molecular flexibility index (Phi) is 4.44. The Morgan fingerprint density at radius 1 is 1.12 bits per heavy atom. The second-order valence-electron chi connectivity index (χ2n) is 5.09. The van der Waals surface area contributed by atoms with Crippen molar-refractivity contribution in [3.63, 3.8) is 0 Å². The van der Waals surface area contributed by atoms with Crippen LogP contribution in [0.5, 0.6) is 5.75 Å². The van der Waals surface area contributed by atoms with E-state index in [1.54, 1.807) is 13.0 Å². The van der Waals surface area contributed by atoms with E-state index in [9.17, 15) is 10.1 Å². The summed E-state index contributed by atoms with van der Waals surface area (Å²) >= 11 is 0. The smallest absolute Gasteiger partial charge is 0.349 e. The van der Waals surface area contributed by atoms with E-state index in [4.69, 9.17) is 9.47 Å². The Balaban J connectivity index is 2.20. The molecule has 0 spiro atoms. The van der Waals surface area contributed by atoms with Gasteiger partial charge in [-0.25, -0.2) is 4.79 Å². The van der Waals surface area contributed by atoms with E-state index in [2.05, 4.69) is 0 Å². The highest BCUT2D eigenvalue weighted by Gasteiger charge is 2.24. The third kappa shape index (κ3) is 2.92. The maximum atomic E-state index is 12.2. The van der Waals surface area contributed by atoms with Crippen molar-refractivity contribution in [3.05, 3.63) is 77.4 Å². The molecule has 1 heterocycles. The normalized spacial score (nSPS) is 14.6. The molecule has 0 amide bonds. The molecule has 0 aromatic heterocycles. The summed E-state index contributed by atoms with van der Waals surface area (Å²) in [5, 5.41) is 9.48. The number of allylic oxidation sites excluding steroid dienone is 2. The van der Waals surface area contributed by atoms with Crippen LogP contribution in [-0.2, 0) is 9.53 Å². The molecule has 3 rings (SSSR count). The highest BCUT2D eigenvalue weighted by atomic mass is 16.5. The SMILES string of the molecule is CCOC(=O)C(C#N)=C1C=C(c2ccccc2)Oc2ccccc21. The van der Waals surface area contributed by atoms with Gasteiger partial charge in [0, 0.05) is 16.7 Å². The van der Waals surface area contributed by atoms with Crippen LogP contribution in [0.4, 0.5) is 0 Å². The molecule has 1 aliphatic heterocycles. The predicted octanol–water partition coefficient (Wildman–Crippen LogP) is 3.96. The molecule has 0 radical (unpaired) electrons. The lowest BCUT2D eigenvalue weighted by molar-refractivity contribution is -0.137. The molecular weight excluding hydrogens is 302 g/mol. The first-order valence-electron chi connectivity index (χ1n) is 7.60. The van der Waals surface area contributed by atoms with E-state index in [-0.39, 0.29) is 12.2 Å². The minimum Gasteiger partial charge on any atom is -0.462 e. The first kappa shape index (κ1) is 15.6. The molecule has 0 aliphatic carbocycles. The van der Waals surface area contributed by atoms with Crippen LogP contribution in [0.3, 0.4) is 0 Å². The third-order valence-corrected chi connectivity index (χ3v) is 3.59. The summed E-state index contributed by atoms with van der Waals surface area (Å²) < 4.78 is 11.0. The van der Waals surface area contributed by atoms with Crippen LogP contribution in [-0.4, -0.2) is 12.6 Å². The number of carbonyl (C=O) groups is 1. The van der Waals surface area contributed by atoms with Crippen LogP contribution in [0.2, 0.25) is 0 Å². The van der Waals surface area contributed by atoms with E-state index in [0.29, 0.717) is 22.6 Å². The van der Waals surface area contributed by atoms with Gasteiger partial charge in [-0.3, -0.25) is 0 Å². The van der Waals surface area contributed by atoms with Crippen LogP contribution < -0.4 is 4.74 Å². The molecule has 0 bridgehead atoms. The molecule has 0 N–H and O–H groups in total. The maximum Gasteiger partial charge on any atom is 0.349 e. The van der Waals surface area contributed by atoms with E-state index in [1.807, 2.05) is 60.7 Å². The molecule has 0 saturated carbocycles. The minimum absolute atomic E-state index is 0.0268. The fraction of sp³-hybridized carbons (Fsp3) is 0.100. The lowest BCUT2D eigenvalue weighted by Gasteiger charge is -2.21. The van der Waals surface area contributed by atoms with E-state index >= 15 is 0 Å². The average Bonchev–Trinajstić information content (AvgIpc) is 2.63. The first-order valence-corrected chi connectivity index (χ1v) is 7.60. The molecule has 0 unspecified atom stereocenters. The highest BCUT2D eigenvalue weighted by Crippen LogP contribution is 2.38.